The van der Waals surface area contributed by atoms with E-state index in [2.05, 4.69) is 10.2 Å². The van der Waals surface area contributed by atoms with Crippen molar-refractivity contribution >= 4 is 11.6 Å². The summed E-state index contributed by atoms with van der Waals surface area (Å²) in [5.74, 6) is 0.930. The highest BCUT2D eigenvalue weighted by Gasteiger charge is 2.38. The molecule has 0 aromatic carbocycles. The minimum absolute atomic E-state index is 0.00921. The van der Waals surface area contributed by atoms with Crippen LogP contribution in [0.3, 0.4) is 0 Å². The molecule has 4 rings (SSSR count). The van der Waals surface area contributed by atoms with Crippen molar-refractivity contribution in [1.82, 2.24) is 15.1 Å². The molecule has 21 heavy (non-hydrogen) atoms. The molecule has 1 aliphatic heterocycles. The van der Waals surface area contributed by atoms with Crippen LogP contribution in [0.4, 0.5) is 5.69 Å². The zero-order chi connectivity index (χ0) is 14.4. The fourth-order valence-corrected chi connectivity index (χ4v) is 3.14. The van der Waals surface area contributed by atoms with E-state index in [-0.39, 0.29) is 5.91 Å². The van der Waals surface area contributed by atoms with E-state index in [1.54, 1.807) is 0 Å². The number of hydrogen-bond donors (Lipinski definition) is 2. The van der Waals surface area contributed by atoms with E-state index >= 15 is 0 Å². The number of aromatic amines is 1. The van der Waals surface area contributed by atoms with Crippen molar-refractivity contribution in [3.8, 4) is 0 Å². The Morgan fingerprint density at radius 1 is 1.33 bits per heavy atom. The first-order chi connectivity index (χ1) is 10.2. The van der Waals surface area contributed by atoms with E-state index in [1.807, 2.05) is 4.90 Å². The van der Waals surface area contributed by atoms with Gasteiger partial charge >= 0.3 is 0 Å². The first-order valence-electron chi connectivity index (χ1n) is 7.96. The third-order valence-corrected chi connectivity index (χ3v) is 4.75. The SMILES string of the molecule is Nc1c(C(=O)N(CC2CCOC2)C2CC2)n[nH]c1C1CC1. The van der Waals surface area contributed by atoms with Gasteiger partial charge in [-0.1, -0.05) is 0 Å². The molecule has 1 aromatic rings. The summed E-state index contributed by atoms with van der Waals surface area (Å²) < 4.78 is 5.43. The molecular weight excluding hydrogens is 268 g/mol. The summed E-state index contributed by atoms with van der Waals surface area (Å²) in [7, 11) is 0. The van der Waals surface area contributed by atoms with Crippen molar-refractivity contribution in [1.29, 1.82) is 0 Å². The van der Waals surface area contributed by atoms with Gasteiger partial charge in [0.2, 0.25) is 0 Å². The molecule has 1 amide bonds. The third kappa shape index (κ3) is 2.52. The van der Waals surface area contributed by atoms with Gasteiger partial charge in [-0.05, 0) is 32.1 Å². The Balaban J connectivity index is 1.52. The van der Waals surface area contributed by atoms with E-state index in [4.69, 9.17) is 10.5 Å². The average Bonchev–Trinajstić information content (AvgIpc) is 3.41. The Labute approximate surface area is 124 Å². The lowest BCUT2D eigenvalue weighted by Gasteiger charge is -2.24. The third-order valence-electron chi connectivity index (χ3n) is 4.75. The number of H-pyrrole nitrogens is 1. The highest BCUT2D eigenvalue weighted by Crippen LogP contribution is 2.42. The van der Waals surface area contributed by atoms with Gasteiger partial charge in [0.25, 0.3) is 5.91 Å². The number of hydrogen-bond acceptors (Lipinski definition) is 4. The summed E-state index contributed by atoms with van der Waals surface area (Å²) in [5, 5.41) is 7.19. The number of ether oxygens (including phenoxy) is 1. The molecule has 1 unspecified atom stereocenters. The second-order valence-corrected chi connectivity index (χ2v) is 6.59. The minimum Gasteiger partial charge on any atom is -0.395 e. The van der Waals surface area contributed by atoms with Gasteiger partial charge in [-0.3, -0.25) is 9.89 Å². The summed E-state index contributed by atoms with van der Waals surface area (Å²) in [6, 6.07) is 0.374. The summed E-state index contributed by atoms with van der Waals surface area (Å²) >= 11 is 0. The van der Waals surface area contributed by atoms with Crippen LogP contribution in [-0.4, -0.2) is 46.8 Å². The quantitative estimate of drug-likeness (QED) is 0.861. The lowest BCUT2D eigenvalue weighted by atomic mass is 10.1. The lowest BCUT2D eigenvalue weighted by molar-refractivity contribution is 0.0701. The van der Waals surface area contributed by atoms with E-state index in [1.165, 1.54) is 0 Å². The van der Waals surface area contributed by atoms with Crippen LogP contribution in [0.15, 0.2) is 0 Å². The number of rotatable bonds is 5. The molecule has 6 nitrogen and oxygen atoms in total. The van der Waals surface area contributed by atoms with Gasteiger partial charge < -0.3 is 15.4 Å². The Morgan fingerprint density at radius 2 is 2.14 bits per heavy atom. The zero-order valence-electron chi connectivity index (χ0n) is 12.2. The largest absolute Gasteiger partial charge is 0.395 e. The van der Waals surface area contributed by atoms with Crippen LogP contribution >= 0.6 is 0 Å². The van der Waals surface area contributed by atoms with Gasteiger partial charge in [0.15, 0.2) is 5.69 Å². The van der Waals surface area contributed by atoms with Crippen LogP contribution in [0, 0.1) is 5.92 Å². The summed E-state index contributed by atoms with van der Waals surface area (Å²) in [4.78, 5) is 14.8. The van der Waals surface area contributed by atoms with Crippen LogP contribution in [0.1, 0.15) is 54.2 Å². The molecule has 1 saturated heterocycles. The molecule has 1 aromatic heterocycles. The second kappa shape index (κ2) is 5.02. The Kier molecular flexibility index (Phi) is 3.14. The molecule has 2 saturated carbocycles. The second-order valence-electron chi connectivity index (χ2n) is 6.59. The van der Waals surface area contributed by atoms with E-state index in [9.17, 15) is 4.79 Å². The van der Waals surface area contributed by atoms with Gasteiger partial charge in [0, 0.05) is 31.0 Å². The number of nitrogens with one attached hydrogen (secondary N) is 1. The number of carbonyl (C=O) groups excluding carboxylic acids is 1. The van der Waals surface area contributed by atoms with Crippen LogP contribution < -0.4 is 5.73 Å². The van der Waals surface area contributed by atoms with Crippen molar-refractivity contribution in [3.63, 3.8) is 0 Å². The number of amides is 1. The first-order valence-corrected chi connectivity index (χ1v) is 7.96. The zero-order valence-corrected chi connectivity index (χ0v) is 12.2. The van der Waals surface area contributed by atoms with Crippen LogP contribution in [0.2, 0.25) is 0 Å². The van der Waals surface area contributed by atoms with Crippen LogP contribution in [-0.2, 0) is 4.74 Å². The highest BCUT2D eigenvalue weighted by atomic mass is 16.5. The van der Waals surface area contributed by atoms with Crippen LogP contribution in [0.5, 0.6) is 0 Å². The van der Waals surface area contributed by atoms with Crippen LogP contribution in [0.25, 0.3) is 0 Å². The van der Waals surface area contributed by atoms with Crippen molar-refractivity contribution in [2.75, 3.05) is 25.5 Å². The van der Waals surface area contributed by atoms with E-state index in [0.29, 0.717) is 29.3 Å². The number of nitrogens with two attached hydrogens (primary N) is 1. The fraction of sp³-hybridized carbons (Fsp3) is 0.733. The van der Waals surface area contributed by atoms with Crippen molar-refractivity contribution in [2.24, 2.45) is 5.92 Å². The van der Waals surface area contributed by atoms with Crippen molar-refractivity contribution < 1.29 is 9.53 Å². The summed E-state index contributed by atoms with van der Waals surface area (Å²) in [6.07, 6.45) is 5.52. The molecule has 2 heterocycles. The maximum atomic E-state index is 12.8. The first kappa shape index (κ1) is 13.1. The molecule has 0 radical (unpaired) electrons. The molecule has 3 N–H and O–H groups in total. The molecule has 1 atom stereocenters. The normalized spacial score (nSPS) is 25.2. The van der Waals surface area contributed by atoms with Gasteiger partial charge in [0.1, 0.15) is 0 Å². The molecule has 0 spiro atoms. The Bertz CT molecular complexity index is 542. The number of nitrogen functional groups attached to an aromatic ring is 1. The highest BCUT2D eigenvalue weighted by molar-refractivity contribution is 5.98. The van der Waals surface area contributed by atoms with Gasteiger partial charge in [-0.15, -0.1) is 0 Å². The minimum atomic E-state index is -0.00921. The number of aromatic nitrogens is 2. The topological polar surface area (TPSA) is 84.2 Å². The molecule has 3 fully saturated rings. The molecule has 114 valence electrons. The molecule has 0 bridgehead atoms. The Morgan fingerprint density at radius 3 is 2.76 bits per heavy atom. The monoisotopic (exact) mass is 290 g/mol. The maximum absolute atomic E-state index is 12.8. The lowest BCUT2D eigenvalue weighted by Crippen LogP contribution is -2.38. The smallest absolute Gasteiger partial charge is 0.276 e. The molecule has 3 aliphatic rings. The van der Waals surface area contributed by atoms with Crippen molar-refractivity contribution in [3.05, 3.63) is 11.4 Å². The van der Waals surface area contributed by atoms with E-state index in [0.717, 1.165) is 57.6 Å². The summed E-state index contributed by atoms with van der Waals surface area (Å²) in [5.41, 5.74) is 8.09. The average molecular weight is 290 g/mol. The predicted molar refractivity (Wildman–Crippen MR) is 78.0 cm³/mol. The van der Waals surface area contributed by atoms with Gasteiger partial charge in [-0.25, -0.2) is 0 Å². The molecule has 2 aliphatic carbocycles. The maximum Gasteiger partial charge on any atom is 0.276 e. The number of anilines is 1. The standard InChI is InChI=1S/C15H22N4O2/c16-12-13(10-1-2-10)17-18-14(12)15(20)19(11-3-4-11)7-9-5-6-21-8-9/h9-11H,1-8,16H2,(H,17,18). The Hall–Kier alpha value is -1.56. The predicted octanol–water partition coefficient (Wildman–Crippen LogP) is 1.51. The van der Waals surface area contributed by atoms with Gasteiger partial charge in [-0.2, -0.15) is 5.10 Å². The fourth-order valence-electron chi connectivity index (χ4n) is 3.14. The molecular formula is C15H22N4O2. The van der Waals surface area contributed by atoms with Gasteiger partial charge in [0.05, 0.1) is 18.0 Å². The number of carbonyl (C=O) groups is 1. The van der Waals surface area contributed by atoms with Crippen molar-refractivity contribution in [2.45, 2.75) is 44.1 Å². The summed E-state index contributed by atoms with van der Waals surface area (Å²) in [6.45, 7) is 2.35. The molecule has 6 heteroatoms. The van der Waals surface area contributed by atoms with E-state index < -0.39 is 0 Å². The number of nitrogens with zero attached hydrogens (tertiary/aromatic N) is 2.